The van der Waals surface area contributed by atoms with Crippen LogP contribution < -0.4 is 5.32 Å². The summed E-state index contributed by atoms with van der Waals surface area (Å²) < 4.78 is 28.4. The molecule has 0 radical (unpaired) electrons. The molecule has 1 aliphatic rings. The first-order chi connectivity index (χ1) is 9.74. The van der Waals surface area contributed by atoms with Gasteiger partial charge in [-0.05, 0) is 31.0 Å². The van der Waals surface area contributed by atoms with Crippen LogP contribution in [0.25, 0.3) is 0 Å². The highest BCUT2D eigenvalue weighted by atomic mass is 19.1. The number of nitrogens with zero attached hydrogens (tertiary/aromatic N) is 2. The van der Waals surface area contributed by atoms with Gasteiger partial charge in [0.15, 0.2) is 0 Å². The Morgan fingerprint density at radius 2 is 2.00 bits per heavy atom. The van der Waals surface area contributed by atoms with E-state index in [2.05, 4.69) is 10.4 Å². The van der Waals surface area contributed by atoms with Crippen molar-refractivity contribution in [2.45, 2.75) is 38.3 Å². The molecule has 3 nitrogen and oxygen atoms in total. The molecule has 1 saturated carbocycles. The Labute approximate surface area is 116 Å². The molecular formula is C15H17F2N3. The van der Waals surface area contributed by atoms with Gasteiger partial charge in [-0.25, -0.2) is 8.78 Å². The molecule has 0 aliphatic heterocycles. The van der Waals surface area contributed by atoms with E-state index in [1.807, 2.05) is 10.7 Å². The summed E-state index contributed by atoms with van der Waals surface area (Å²) in [4.78, 5) is 0. The molecule has 0 atom stereocenters. The standard InChI is InChI=1S/C15H17F2N3/c16-11-5-6-15(14(17)9-11)18-10-13-7-8-19-20(13)12-3-1-2-4-12/h5-9,12,18H,1-4,10H2. The quantitative estimate of drug-likeness (QED) is 0.919. The number of hydrogen-bond donors (Lipinski definition) is 1. The second kappa shape index (κ2) is 5.61. The number of nitrogens with one attached hydrogen (secondary N) is 1. The number of rotatable bonds is 4. The maximum absolute atomic E-state index is 13.6. The van der Waals surface area contributed by atoms with Crippen molar-refractivity contribution in [1.29, 1.82) is 0 Å². The van der Waals surface area contributed by atoms with Gasteiger partial charge in [0.25, 0.3) is 0 Å². The molecule has 1 aromatic carbocycles. The summed E-state index contributed by atoms with van der Waals surface area (Å²) in [5.74, 6) is -1.14. The Balaban J connectivity index is 1.70. The van der Waals surface area contributed by atoms with E-state index in [-0.39, 0.29) is 0 Å². The molecule has 1 aliphatic carbocycles. The average Bonchev–Trinajstić information content (AvgIpc) is 3.08. The lowest BCUT2D eigenvalue weighted by atomic mass is 10.2. The van der Waals surface area contributed by atoms with Gasteiger partial charge < -0.3 is 5.32 Å². The fourth-order valence-corrected chi connectivity index (χ4v) is 2.78. The lowest BCUT2D eigenvalue weighted by molar-refractivity contribution is 0.452. The van der Waals surface area contributed by atoms with Crippen LogP contribution in [-0.2, 0) is 6.54 Å². The summed E-state index contributed by atoms with van der Waals surface area (Å²) in [6, 6.07) is 5.95. The summed E-state index contributed by atoms with van der Waals surface area (Å²) in [5, 5.41) is 7.37. The van der Waals surface area contributed by atoms with Gasteiger partial charge in [-0.1, -0.05) is 12.8 Å². The van der Waals surface area contributed by atoms with Crippen molar-refractivity contribution in [3.63, 3.8) is 0 Å². The van der Waals surface area contributed by atoms with E-state index in [9.17, 15) is 8.78 Å². The Bertz CT molecular complexity index is 589. The summed E-state index contributed by atoms with van der Waals surface area (Å²) in [7, 11) is 0. The molecule has 2 aromatic rings. The van der Waals surface area contributed by atoms with Gasteiger partial charge in [0.1, 0.15) is 11.6 Å². The Kier molecular flexibility index (Phi) is 3.67. The van der Waals surface area contributed by atoms with E-state index in [1.165, 1.54) is 25.0 Å². The first-order valence-corrected chi connectivity index (χ1v) is 6.95. The van der Waals surface area contributed by atoms with Crippen LogP contribution in [0.4, 0.5) is 14.5 Å². The van der Waals surface area contributed by atoms with Crippen molar-refractivity contribution in [3.8, 4) is 0 Å². The van der Waals surface area contributed by atoms with E-state index < -0.39 is 11.6 Å². The Hall–Kier alpha value is -1.91. The minimum Gasteiger partial charge on any atom is -0.377 e. The van der Waals surface area contributed by atoms with Crippen LogP contribution in [0.1, 0.15) is 37.4 Å². The molecule has 3 rings (SSSR count). The first kappa shape index (κ1) is 13.1. The minimum atomic E-state index is -0.572. The van der Waals surface area contributed by atoms with Gasteiger partial charge in [0.2, 0.25) is 0 Å². The van der Waals surface area contributed by atoms with Gasteiger partial charge in [-0.2, -0.15) is 5.10 Å². The second-order valence-corrected chi connectivity index (χ2v) is 5.18. The number of benzene rings is 1. The highest BCUT2D eigenvalue weighted by molar-refractivity contribution is 5.44. The summed E-state index contributed by atoms with van der Waals surface area (Å²) >= 11 is 0. The zero-order valence-corrected chi connectivity index (χ0v) is 11.1. The third-order valence-corrected chi connectivity index (χ3v) is 3.81. The van der Waals surface area contributed by atoms with E-state index in [0.717, 1.165) is 24.6 Å². The van der Waals surface area contributed by atoms with Gasteiger partial charge in [0.05, 0.1) is 24.0 Å². The smallest absolute Gasteiger partial charge is 0.149 e. The lowest BCUT2D eigenvalue weighted by Gasteiger charge is -2.15. The van der Waals surface area contributed by atoms with E-state index >= 15 is 0 Å². The largest absolute Gasteiger partial charge is 0.377 e. The fraction of sp³-hybridized carbons (Fsp3) is 0.400. The molecule has 5 heteroatoms. The zero-order valence-electron chi connectivity index (χ0n) is 11.1. The van der Waals surface area contributed by atoms with Crippen LogP contribution in [-0.4, -0.2) is 9.78 Å². The topological polar surface area (TPSA) is 29.9 Å². The predicted molar refractivity (Wildman–Crippen MR) is 73.4 cm³/mol. The SMILES string of the molecule is Fc1ccc(NCc2ccnn2C2CCCC2)c(F)c1. The van der Waals surface area contributed by atoms with Gasteiger partial charge in [0, 0.05) is 12.3 Å². The molecule has 1 heterocycles. The summed E-state index contributed by atoms with van der Waals surface area (Å²) in [5.41, 5.74) is 1.34. The van der Waals surface area contributed by atoms with Crippen molar-refractivity contribution in [2.24, 2.45) is 0 Å². The van der Waals surface area contributed by atoms with Crippen LogP contribution in [0.5, 0.6) is 0 Å². The highest BCUT2D eigenvalue weighted by Gasteiger charge is 2.19. The lowest BCUT2D eigenvalue weighted by Crippen LogP contribution is -2.13. The van der Waals surface area contributed by atoms with E-state index in [0.29, 0.717) is 18.3 Å². The second-order valence-electron chi connectivity index (χ2n) is 5.18. The van der Waals surface area contributed by atoms with Crippen LogP contribution >= 0.6 is 0 Å². The van der Waals surface area contributed by atoms with Crippen molar-refractivity contribution in [1.82, 2.24) is 9.78 Å². The van der Waals surface area contributed by atoms with Crippen molar-refractivity contribution in [3.05, 3.63) is 47.8 Å². The molecule has 1 aromatic heterocycles. The third kappa shape index (κ3) is 2.66. The number of hydrogen-bond acceptors (Lipinski definition) is 2. The molecule has 0 unspecified atom stereocenters. The molecule has 1 fully saturated rings. The monoisotopic (exact) mass is 277 g/mol. The number of anilines is 1. The third-order valence-electron chi connectivity index (χ3n) is 3.81. The Morgan fingerprint density at radius 3 is 2.75 bits per heavy atom. The van der Waals surface area contributed by atoms with Crippen molar-refractivity contribution < 1.29 is 8.78 Å². The normalized spacial score (nSPS) is 15.7. The predicted octanol–water partition coefficient (Wildman–Crippen LogP) is 3.89. The van der Waals surface area contributed by atoms with Crippen LogP contribution in [0, 0.1) is 11.6 Å². The molecule has 1 N–H and O–H groups in total. The molecule has 106 valence electrons. The van der Waals surface area contributed by atoms with E-state index in [4.69, 9.17) is 0 Å². The average molecular weight is 277 g/mol. The van der Waals surface area contributed by atoms with Crippen LogP contribution in [0.3, 0.4) is 0 Å². The number of aromatic nitrogens is 2. The van der Waals surface area contributed by atoms with Crippen LogP contribution in [0.2, 0.25) is 0 Å². The molecule has 0 amide bonds. The maximum Gasteiger partial charge on any atom is 0.149 e. The zero-order chi connectivity index (χ0) is 13.9. The molecule has 0 spiro atoms. The first-order valence-electron chi connectivity index (χ1n) is 6.95. The van der Waals surface area contributed by atoms with E-state index in [1.54, 1.807) is 6.20 Å². The van der Waals surface area contributed by atoms with Gasteiger partial charge >= 0.3 is 0 Å². The molecule has 0 saturated heterocycles. The fourth-order valence-electron chi connectivity index (χ4n) is 2.78. The summed E-state index contributed by atoms with van der Waals surface area (Å²) in [6.07, 6.45) is 6.56. The van der Waals surface area contributed by atoms with Crippen molar-refractivity contribution in [2.75, 3.05) is 5.32 Å². The highest BCUT2D eigenvalue weighted by Crippen LogP contribution is 2.30. The Morgan fingerprint density at radius 1 is 1.20 bits per heavy atom. The minimum absolute atomic E-state index is 0.311. The van der Waals surface area contributed by atoms with Gasteiger partial charge in [-0.3, -0.25) is 4.68 Å². The number of halogens is 2. The van der Waals surface area contributed by atoms with Crippen molar-refractivity contribution >= 4 is 5.69 Å². The molecule has 20 heavy (non-hydrogen) atoms. The molecule has 0 bridgehead atoms. The maximum atomic E-state index is 13.6. The summed E-state index contributed by atoms with van der Waals surface area (Å²) in [6.45, 7) is 0.485. The van der Waals surface area contributed by atoms with Crippen LogP contribution in [0.15, 0.2) is 30.5 Å². The molecular weight excluding hydrogens is 260 g/mol. The van der Waals surface area contributed by atoms with Gasteiger partial charge in [-0.15, -0.1) is 0 Å².